The van der Waals surface area contributed by atoms with Crippen LogP contribution in [0.5, 0.6) is 0 Å². The van der Waals surface area contributed by atoms with Gasteiger partial charge in [0.15, 0.2) is 4.34 Å². The molecule has 0 spiro atoms. The molecule has 0 aliphatic carbocycles. The molecule has 0 radical (unpaired) electrons. The molecule has 29 heavy (non-hydrogen) atoms. The Morgan fingerprint density at radius 2 is 1.90 bits per heavy atom. The minimum atomic E-state index is -3.76. The van der Waals surface area contributed by atoms with Gasteiger partial charge in [-0.1, -0.05) is 61.4 Å². The van der Waals surface area contributed by atoms with E-state index in [2.05, 4.69) is 15.5 Å². The van der Waals surface area contributed by atoms with E-state index >= 15 is 0 Å². The average Bonchev–Trinajstić information content (AvgIpc) is 2.92. The number of thioether (sulfide) groups is 1. The number of carbonyl (C=O) groups is 1. The standard InChI is InChI=1S/C18H23ClN4O3S3/c1-12(2)27-18-22-21-17(28-18)20-16(24)13-7-8-14(19)15(11-13)29(25,26)23-9-5-3-4-6-10-23/h7-8,11-12H,3-6,9-10H2,1-2H3,(H,20,21,24). The summed E-state index contributed by atoms with van der Waals surface area (Å²) in [5.74, 6) is -0.453. The lowest BCUT2D eigenvalue weighted by Gasteiger charge is -2.21. The van der Waals surface area contributed by atoms with Gasteiger partial charge in [0.05, 0.1) is 5.02 Å². The van der Waals surface area contributed by atoms with Gasteiger partial charge in [0.25, 0.3) is 5.91 Å². The Bertz CT molecular complexity index is 970. The lowest BCUT2D eigenvalue weighted by Crippen LogP contribution is -2.32. The summed E-state index contributed by atoms with van der Waals surface area (Å²) in [5.41, 5.74) is 0.205. The molecule has 1 aromatic carbocycles. The first kappa shape index (κ1) is 22.5. The molecule has 0 atom stereocenters. The van der Waals surface area contributed by atoms with E-state index in [1.54, 1.807) is 11.8 Å². The molecule has 1 aliphatic heterocycles. The second kappa shape index (κ2) is 9.74. The third-order valence-electron chi connectivity index (χ3n) is 4.34. The summed E-state index contributed by atoms with van der Waals surface area (Å²) in [5, 5.41) is 11.5. The zero-order valence-electron chi connectivity index (χ0n) is 16.2. The van der Waals surface area contributed by atoms with Crippen LogP contribution in [0.15, 0.2) is 27.4 Å². The number of rotatable bonds is 6. The second-order valence-electron chi connectivity index (χ2n) is 6.96. The number of carbonyl (C=O) groups excluding carboxylic acids is 1. The average molecular weight is 475 g/mol. The Hall–Kier alpha value is -1.20. The van der Waals surface area contributed by atoms with Crippen LogP contribution in [-0.4, -0.2) is 47.2 Å². The van der Waals surface area contributed by atoms with E-state index in [0.717, 1.165) is 30.0 Å². The Balaban J connectivity index is 1.80. The van der Waals surface area contributed by atoms with E-state index in [0.29, 0.717) is 23.5 Å². The first-order chi connectivity index (χ1) is 13.8. The van der Waals surface area contributed by atoms with Crippen LogP contribution in [0.25, 0.3) is 0 Å². The molecule has 1 aliphatic rings. The molecule has 2 aromatic rings. The summed E-state index contributed by atoms with van der Waals surface area (Å²) < 4.78 is 28.4. The van der Waals surface area contributed by atoms with Crippen LogP contribution < -0.4 is 5.32 Å². The molecule has 1 fully saturated rings. The minimum absolute atomic E-state index is 0.0398. The number of halogens is 1. The summed E-state index contributed by atoms with van der Waals surface area (Å²) in [6, 6.07) is 4.29. The monoisotopic (exact) mass is 474 g/mol. The van der Waals surface area contributed by atoms with Gasteiger partial charge < -0.3 is 0 Å². The van der Waals surface area contributed by atoms with Crippen molar-refractivity contribution < 1.29 is 13.2 Å². The number of hydrogen-bond acceptors (Lipinski definition) is 7. The zero-order valence-corrected chi connectivity index (χ0v) is 19.4. The molecule has 158 valence electrons. The van der Waals surface area contributed by atoms with Crippen LogP contribution in [0.2, 0.25) is 5.02 Å². The lowest BCUT2D eigenvalue weighted by atomic mass is 10.2. The summed E-state index contributed by atoms with van der Waals surface area (Å²) >= 11 is 9.03. The molecule has 7 nitrogen and oxygen atoms in total. The van der Waals surface area contributed by atoms with Gasteiger partial charge in [-0.3, -0.25) is 10.1 Å². The van der Waals surface area contributed by atoms with Crippen LogP contribution in [0.1, 0.15) is 49.9 Å². The molecule has 1 amide bonds. The highest BCUT2D eigenvalue weighted by atomic mass is 35.5. The lowest BCUT2D eigenvalue weighted by molar-refractivity contribution is 0.102. The summed E-state index contributed by atoms with van der Waals surface area (Å²) in [4.78, 5) is 12.6. The van der Waals surface area contributed by atoms with Crippen molar-refractivity contribution in [1.82, 2.24) is 14.5 Å². The molecule has 1 aromatic heterocycles. The van der Waals surface area contributed by atoms with Crippen molar-refractivity contribution >= 4 is 55.8 Å². The molecular weight excluding hydrogens is 452 g/mol. The third kappa shape index (κ3) is 5.69. The van der Waals surface area contributed by atoms with Crippen LogP contribution in [-0.2, 0) is 10.0 Å². The fraction of sp³-hybridized carbons (Fsp3) is 0.500. The van der Waals surface area contributed by atoms with Crippen LogP contribution >= 0.6 is 34.7 Å². The fourth-order valence-electron chi connectivity index (χ4n) is 2.94. The first-order valence-corrected chi connectivity index (χ1v) is 12.9. The predicted molar refractivity (Wildman–Crippen MR) is 118 cm³/mol. The Labute approximate surface area is 184 Å². The highest BCUT2D eigenvalue weighted by molar-refractivity contribution is 8.01. The van der Waals surface area contributed by atoms with Gasteiger partial charge in [-0.2, -0.15) is 4.31 Å². The smallest absolute Gasteiger partial charge is 0.257 e. The summed E-state index contributed by atoms with van der Waals surface area (Å²) in [6.07, 6.45) is 3.68. The topological polar surface area (TPSA) is 92.3 Å². The van der Waals surface area contributed by atoms with E-state index in [-0.39, 0.29) is 15.5 Å². The number of sulfonamides is 1. The fourth-order valence-corrected chi connectivity index (χ4v) is 6.93. The number of hydrogen-bond donors (Lipinski definition) is 1. The zero-order chi connectivity index (χ0) is 21.0. The van der Waals surface area contributed by atoms with Crippen LogP contribution in [0.3, 0.4) is 0 Å². The highest BCUT2D eigenvalue weighted by Gasteiger charge is 2.28. The van der Waals surface area contributed by atoms with E-state index in [9.17, 15) is 13.2 Å². The van der Waals surface area contributed by atoms with Gasteiger partial charge in [0, 0.05) is 23.9 Å². The Morgan fingerprint density at radius 3 is 2.55 bits per heavy atom. The van der Waals surface area contributed by atoms with E-state index in [4.69, 9.17) is 11.6 Å². The highest BCUT2D eigenvalue weighted by Crippen LogP contribution is 2.30. The van der Waals surface area contributed by atoms with Crippen molar-refractivity contribution in [3.05, 3.63) is 28.8 Å². The van der Waals surface area contributed by atoms with Gasteiger partial charge in [-0.05, 0) is 31.0 Å². The number of nitrogens with one attached hydrogen (secondary N) is 1. The quantitative estimate of drug-likeness (QED) is 0.489. The van der Waals surface area contributed by atoms with Crippen molar-refractivity contribution in [2.75, 3.05) is 18.4 Å². The number of nitrogens with zero attached hydrogens (tertiary/aromatic N) is 3. The number of aromatic nitrogens is 2. The maximum absolute atomic E-state index is 13.1. The minimum Gasteiger partial charge on any atom is -0.296 e. The molecule has 0 unspecified atom stereocenters. The Kier molecular flexibility index (Phi) is 7.55. The van der Waals surface area contributed by atoms with Crippen molar-refractivity contribution in [1.29, 1.82) is 0 Å². The molecule has 2 heterocycles. The molecule has 1 saturated heterocycles. The molecular formula is C18H23ClN4O3S3. The number of anilines is 1. The van der Waals surface area contributed by atoms with Crippen molar-refractivity contribution in [3.63, 3.8) is 0 Å². The van der Waals surface area contributed by atoms with Gasteiger partial charge >= 0.3 is 0 Å². The van der Waals surface area contributed by atoms with E-state index < -0.39 is 15.9 Å². The first-order valence-electron chi connectivity index (χ1n) is 9.38. The van der Waals surface area contributed by atoms with Gasteiger partial charge in [-0.15, -0.1) is 10.2 Å². The van der Waals surface area contributed by atoms with Crippen LogP contribution in [0, 0.1) is 0 Å². The molecule has 0 bridgehead atoms. The molecule has 1 N–H and O–H groups in total. The summed E-state index contributed by atoms with van der Waals surface area (Å²) in [7, 11) is -3.76. The number of benzene rings is 1. The summed E-state index contributed by atoms with van der Waals surface area (Å²) in [6.45, 7) is 5.03. The maximum atomic E-state index is 13.1. The van der Waals surface area contributed by atoms with Gasteiger partial charge in [0.2, 0.25) is 15.2 Å². The van der Waals surface area contributed by atoms with Gasteiger partial charge in [-0.25, -0.2) is 8.42 Å². The largest absolute Gasteiger partial charge is 0.296 e. The predicted octanol–water partition coefficient (Wildman–Crippen LogP) is 4.51. The Morgan fingerprint density at radius 1 is 1.21 bits per heavy atom. The normalized spacial score (nSPS) is 16.0. The van der Waals surface area contributed by atoms with E-state index in [1.807, 2.05) is 13.8 Å². The van der Waals surface area contributed by atoms with Crippen molar-refractivity contribution in [2.24, 2.45) is 0 Å². The van der Waals surface area contributed by atoms with Crippen LogP contribution in [0.4, 0.5) is 5.13 Å². The maximum Gasteiger partial charge on any atom is 0.257 e. The molecule has 3 rings (SSSR count). The molecule has 0 saturated carbocycles. The van der Waals surface area contributed by atoms with Gasteiger partial charge in [0.1, 0.15) is 4.90 Å². The van der Waals surface area contributed by atoms with Crippen molar-refractivity contribution in [2.45, 2.75) is 54.0 Å². The van der Waals surface area contributed by atoms with E-state index in [1.165, 1.54) is 33.8 Å². The third-order valence-corrected chi connectivity index (χ3v) is 8.65. The second-order valence-corrected chi connectivity index (χ2v) is 12.1. The van der Waals surface area contributed by atoms with Crippen molar-refractivity contribution in [3.8, 4) is 0 Å². The molecule has 11 heteroatoms. The number of amides is 1. The SMILES string of the molecule is CC(C)Sc1nnc(NC(=O)c2ccc(Cl)c(S(=O)(=O)N3CCCCCC3)c2)s1.